The van der Waals surface area contributed by atoms with Crippen LogP contribution < -0.4 is 10.2 Å². The van der Waals surface area contributed by atoms with E-state index >= 15 is 0 Å². The summed E-state index contributed by atoms with van der Waals surface area (Å²) in [6.45, 7) is 0. The Morgan fingerprint density at radius 3 is 2.12 bits per heavy atom. The SMILES string of the molecule is CN(C)c1cc(Cl)c(NC(=O)CCl)c(Cl)c1.Cl. The third-order valence-electron chi connectivity index (χ3n) is 1.93. The molecule has 1 aromatic rings. The smallest absolute Gasteiger partial charge is 0.239 e. The summed E-state index contributed by atoms with van der Waals surface area (Å²) in [4.78, 5) is 13.0. The van der Waals surface area contributed by atoms with Crippen molar-refractivity contribution in [3.63, 3.8) is 0 Å². The second-order valence-electron chi connectivity index (χ2n) is 3.36. The Morgan fingerprint density at radius 1 is 1.29 bits per heavy atom. The molecule has 3 nitrogen and oxygen atoms in total. The molecule has 0 aliphatic carbocycles. The van der Waals surface area contributed by atoms with Gasteiger partial charge in [0.1, 0.15) is 5.88 Å². The fourth-order valence-corrected chi connectivity index (χ4v) is 1.75. The summed E-state index contributed by atoms with van der Waals surface area (Å²) in [5.41, 5.74) is 1.25. The number of carbonyl (C=O) groups excluding carboxylic acids is 1. The Balaban J connectivity index is 0.00000256. The Morgan fingerprint density at radius 2 is 1.76 bits per heavy atom. The highest BCUT2D eigenvalue weighted by atomic mass is 35.5. The van der Waals surface area contributed by atoms with Crippen LogP contribution in [-0.2, 0) is 4.79 Å². The van der Waals surface area contributed by atoms with E-state index in [2.05, 4.69) is 5.32 Å². The summed E-state index contributed by atoms with van der Waals surface area (Å²) >= 11 is 17.4. The molecule has 0 bridgehead atoms. The van der Waals surface area contributed by atoms with Crippen molar-refractivity contribution >= 4 is 64.5 Å². The number of hydrogen-bond donors (Lipinski definition) is 1. The van der Waals surface area contributed by atoms with Crippen LogP contribution in [0.1, 0.15) is 0 Å². The van der Waals surface area contributed by atoms with Crippen LogP contribution >= 0.6 is 47.2 Å². The van der Waals surface area contributed by atoms with Gasteiger partial charge in [-0.3, -0.25) is 4.79 Å². The minimum absolute atomic E-state index is 0. The van der Waals surface area contributed by atoms with Crippen molar-refractivity contribution in [3.05, 3.63) is 22.2 Å². The highest BCUT2D eigenvalue weighted by Crippen LogP contribution is 2.34. The number of rotatable bonds is 3. The molecule has 1 N–H and O–H groups in total. The molecule has 1 amide bonds. The van der Waals surface area contributed by atoms with Crippen molar-refractivity contribution < 1.29 is 4.79 Å². The fourth-order valence-electron chi connectivity index (χ4n) is 1.11. The van der Waals surface area contributed by atoms with E-state index in [0.29, 0.717) is 15.7 Å². The average Bonchev–Trinajstić information content (AvgIpc) is 2.22. The minimum Gasteiger partial charge on any atom is -0.378 e. The number of nitrogens with zero attached hydrogens (tertiary/aromatic N) is 1. The number of benzene rings is 1. The molecule has 1 aromatic carbocycles. The normalized spacial score (nSPS) is 9.47. The zero-order valence-corrected chi connectivity index (χ0v) is 12.3. The van der Waals surface area contributed by atoms with E-state index < -0.39 is 0 Å². The molecule has 0 radical (unpaired) electrons. The summed E-state index contributed by atoms with van der Waals surface area (Å²) in [7, 11) is 3.75. The van der Waals surface area contributed by atoms with Gasteiger partial charge in [0, 0.05) is 19.8 Å². The first-order valence-corrected chi connectivity index (χ1v) is 5.77. The predicted molar refractivity (Wildman–Crippen MR) is 77.4 cm³/mol. The lowest BCUT2D eigenvalue weighted by Crippen LogP contribution is -2.14. The number of nitrogens with one attached hydrogen (secondary N) is 1. The minimum atomic E-state index is -0.344. The van der Waals surface area contributed by atoms with Gasteiger partial charge < -0.3 is 10.2 Å². The first kappa shape index (κ1) is 16.6. The topological polar surface area (TPSA) is 32.3 Å². The first-order valence-electron chi connectivity index (χ1n) is 4.48. The van der Waals surface area contributed by atoms with Gasteiger partial charge in [-0.15, -0.1) is 24.0 Å². The molecule has 17 heavy (non-hydrogen) atoms. The Bertz CT molecular complexity index is 386. The summed E-state index contributed by atoms with van der Waals surface area (Å²) in [6.07, 6.45) is 0. The van der Waals surface area contributed by atoms with Crippen LogP contribution in [0.4, 0.5) is 11.4 Å². The van der Waals surface area contributed by atoms with E-state index in [0.717, 1.165) is 5.69 Å². The van der Waals surface area contributed by atoms with Crippen LogP contribution in [0.25, 0.3) is 0 Å². The quantitative estimate of drug-likeness (QED) is 0.863. The van der Waals surface area contributed by atoms with Crippen molar-refractivity contribution in [3.8, 4) is 0 Å². The second kappa shape index (κ2) is 7.17. The number of anilines is 2. The molecule has 1 rings (SSSR count). The number of alkyl halides is 1. The Labute approximate surface area is 121 Å². The van der Waals surface area contributed by atoms with Gasteiger partial charge in [-0.2, -0.15) is 0 Å². The molecule has 96 valence electrons. The number of carbonyl (C=O) groups is 1. The van der Waals surface area contributed by atoms with Gasteiger partial charge in [-0.25, -0.2) is 0 Å². The van der Waals surface area contributed by atoms with E-state index in [9.17, 15) is 4.79 Å². The number of hydrogen-bond acceptors (Lipinski definition) is 2. The van der Waals surface area contributed by atoms with Crippen molar-refractivity contribution in [1.82, 2.24) is 0 Å². The lowest BCUT2D eigenvalue weighted by Gasteiger charge is -2.16. The Kier molecular flexibility index (Phi) is 7.02. The monoisotopic (exact) mass is 316 g/mol. The second-order valence-corrected chi connectivity index (χ2v) is 4.44. The standard InChI is InChI=1S/C10H11Cl3N2O.ClH/c1-15(2)6-3-7(12)10(8(13)4-6)14-9(16)5-11;/h3-4H,5H2,1-2H3,(H,14,16);1H. The molecular formula is C10H12Cl4N2O. The highest BCUT2D eigenvalue weighted by molar-refractivity contribution is 6.40. The van der Waals surface area contributed by atoms with E-state index in [4.69, 9.17) is 34.8 Å². The van der Waals surface area contributed by atoms with Gasteiger partial charge in [0.2, 0.25) is 5.91 Å². The zero-order valence-electron chi connectivity index (χ0n) is 9.26. The zero-order chi connectivity index (χ0) is 12.3. The molecule has 0 saturated heterocycles. The van der Waals surface area contributed by atoms with Gasteiger partial charge in [0.05, 0.1) is 15.7 Å². The van der Waals surface area contributed by atoms with Crippen molar-refractivity contribution in [2.75, 3.05) is 30.2 Å². The van der Waals surface area contributed by atoms with Crippen LogP contribution in [0.2, 0.25) is 10.0 Å². The van der Waals surface area contributed by atoms with E-state index in [-0.39, 0.29) is 24.2 Å². The maximum Gasteiger partial charge on any atom is 0.239 e. The molecule has 0 fully saturated rings. The van der Waals surface area contributed by atoms with Gasteiger partial charge in [-0.05, 0) is 12.1 Å². The molecule has 0 atom stereocenters. The molecule has 7 heteroatoms. The van der Waals surface area contributed by atoms with Gasteiger partial charge in [0.25, 0.3) is 0 Å². The summed E-state index contributed by atoms with van der Waals surface area (Å²) in [6, 6.07) is 3.44. The summed E-state index contributed by atoms with van der Waals surface area (Å²) in [5.74, 6) is -0.481. The third kappa shape index (κ3) is 4.43. The average molecular weight is 318 g/mol. The van der Waals surface area contributed by atoms with Crippen molar-refractivity contribution in [2.24, 2.45) is 0 Å². The maximum absolute atomic E-state index is 11.1. The highest BCUT2D eigenvalue weighted by Gasteiger charge is 2.11. The predicted octanol–water partition coefficient (Wildman–Crippen LogP) is 3.66. The Hall–Kier alpha value is -0.350. The van der Waals surface area contributed by atoms with Gasteiger partial charge in [-0.1, -0.05) is 23.2 Å². The lowest BCUT2D eigenvalue weighted by molar-refractivity contribution is -0.113. The molecule has 0 aliphatic rings. The van der Waals surface area contributed by atoms with Crippen LogP contribution in [0.15, 0.2) is 12.1 Å². The number of halogens is 4. The summed E-state index contributed by atoms with van der Waals surface area (Å²) < 4.78 is 0. The molecular weight excluding hydrogens is 306 g/mol. The van der Waals surface area contributed by atoms with Crippen molar-refractivity contribution in [2.45, 2.75) is 0 Å². The van der Waals surface area contributed by atoms with Crippen LogP contribution in [-0.4, -0.2) is 25.9 Å². The molecule has 0 spiro atoms. The summed E-state index contributed by atoms with van der Waals surface area (Å²) in [5, 5.41) is 3.31. The van der Waals surface area contributed by atoms with Crippen LogP contribution in [0.5, 0.6) is 0 Å². The van der Waals surface area contributed by atoms with E-state index in [1.165, 1.54) is 0 Å². The van der Waals surface area contributed by atoms with E-state index in [1.807, 2.05) is 19.0 Å². The lowest BCUT2D eigenvalue weighted by atomic mass is 10.2. The number of amides is 1. The third-order valence-corrected chi connectivity index (χ3v) is 2.77. The molecule has 0 aromatic heterocycles. The largest absolute Gasteiger partial charge is 0.378 e. The molecule has 0 heterocycles. The van der Waals surface area contributed by atoms with Crippen LogP contribution in [0, 0.1) is 0 Å². The molecule has 0 aliphatic heterocycles. The molecule has 0 saturated carbocycles. The van der Waals surface area contributed by atoms with E-state index in [1.54, 1.807) is 12.1 Å². The van der Waals surface area contributed by atoms with Crippen LogP contribution in [0.3, 0.4) is 0 Å². The molecule has 0 unspecified atom stereocenters. The van der Waals surface area contributed by atoms with Gasteiger partial charge in [0.15, 0.2) is 0 Å². The van der Waals surface area contributed by atoms with Gasteiger partial charge >= 0.3 is 0 Å². The maximum atomic E-state index is 11.1. The first-order chi connectivity index (χ1) is 7.45. The fraction of sp³-hybridized carbons (Fsp3) is 0.300. The van der Waals surface area contributed by atoms with Crippen molar-refractivity contribution in [1.29, 1.82) is 0 Å².